The molecular weight excluding hydrogens is 228 g/mol. The first-order valence-electron chi connectivity index (χ1n) is 3.69. The normalized spacial score (nSPS) is 10.5. The summed E-state index contributed by atoms with van der Waals surface area (Å²) in [5.41, 5.74) is 0.491. The lowest BCUT2D eigenvalue weighted by molar-refractivity contribution is 0.626. The smallest absolute Gasteiger partial charge is 0.229 e. The lowest BCUT2D eigenvalue weighted by Gasteiger charge is -2.02. The van der Waals surface area contributed by atoms with E-state index in [2.05, 4.69) is 10.2 Å². The molecule has 0 fully saturated rings. The van der Waals surface area contributed by atoms with Gasteiger partial charge < -0.3 is 0 Å². The van der Waals surface area contributed by atoms with Crippen molar-refractivity contribution in [1.82, 2.24) is 14.8 Å². The zero-order valence-electron chi connectivity index (χ0n) is 6.78. The summed E-state index contributed by atoms with van der Waals surface area (Å²) in [5.74, 6) is -0.433. The van der Waals surface area contributed by atoms with Crippen molar-refractivity contribution in [2.75, 3.05) is 0 Å². The van der Waals surface area contributed by atoms with Gasteiger partial charge >= 0.3 is 0 Å². The van der Waals surface area contributed by atoms with Gasteiger partial charge in [-0.1, -0.05) is 11.6 Å². The summed E-state index contributed by atoms with van der Waals surface area (Å²) in [6, 6.07) is 4.07. The minimum absolute atomic E-state index is 0.159. The fraction of sp³-hybridized carbons (Fsp3) is 0. The van der Waals surface area contributed by atoms with Gasteiger partial charge in [0.05, 0.1) is 5.69 Å². The SMILES string of the molecule is Fc1cc(Cl)cc(-n2cnnc2Cl)c1. The van der Waals surface area contributed by atoms with Crippen LogP contribution in [-0.2, 0) is 0 Å². The van der Waals surface area contributed by atoms with Crippen LogP contribution in [0, 0.1) is 5.82 Å². The minimum Gasteiger partial charge on any atom is -0.272 e. The number of rotatable bonds is 1. The van der Waals surface area contributed by atoms with Crippen molar-refractivity contribution in [3.05, 3.63) is 40.6 Å². The summed E-state index contributed by atoms with van der Waals surface area (Å²) < 4.78 is 14.4. The lowest BCUT2D eigenvalue weighted by atomic mass is 10.3. The first kappa shape index (κ1) is 9.43. The highest BCUT2D eigenvalue weighted by molar-refractivity contribution is 6.31. The van der Waals surface area contributed by atoms with Gasteiger partial charge in [0.2, 0.25) is 5.28 Å². The molecule has 6 heteroatoms. The van der Waals surface area contributed by atoms with Gasteiger partial charge in [-0.3, -0.25) is 4.57 Å². The third-order valence-electron chi connectivity index (χ3n) is 1.63. The van der Waals surface area contributed by atoms with Crippen LogP contribution in [0.25, 0.3) is 5.69 Å². The molecule has 0 saturated carbocycles. The monoisotopic (exact) mass is 231 g/mol. The highest BCUT2D eigenvalue weighted by Crippen LogP contribution is 2.19. The van der Waals surface area contributed by atoms with Crippen molar-refractivity contribution < 1.29 is 4.39 Å². The molecule has 1 aromatic carbocycles. The summed E-state index contributed by atoms with van der Waals surface area (Å²) in [6.07, 6.45) is 1.38. The number of hydrogen-bond donors (Lipinski definition) is 0. The Bertz CT molecular complexity index is 449. The molecule has 0 spiro atoms. The first-order chi connectivity index (χ1) is 6.66. The van der Waals surface area contributed by atoms with E-state index in [1.54, 1.807) is 6.07 Å². The van der Waals surface area contributed by atoms with Crippen molar-refractivity contribution in [1.29, 1.82) is 0 Å². The topological polar surface area (TPSA) is 30.7 Å². The van der Waals surface area contributed by atoms with Crippen molar-refractivity contribution in [2.45, 2.75) is 0 Å². The summed E-state index contributed by atoms with van der Waals surface area (Å²) >= 11 is 11.4. The van der Waals surface area contributed by atoms with Gasteiger partial charge in [0.25, 0.3) is 0 Å². The van der Waals surface area contributed by atoms with Gasteiger partial charge in [-0.2, -0.15) is 0 Å². The van der Waals surface area contributed by atoms with E-state index in [9.17, 15) is 4.39 Å². The van der Waals surface area contributed by atoms with Crippen LogP contribution in [0.15, 0.2) is 24.5 Å². The number of halogens is 3. The van der Waals surface area contributed by atoms with E-state index >= 15 is 0 Å². The second-order valence-corrected chi connectivity index (χ2v) is 3.37. The predicted molar refractivity (Wildman–Crippen MR) is 51.3 cm³/mol. The van der Waals surface area contributed by atoms with E-state index in [1.165, 1.54) is 23.0 Å². The molecule has 0 atom stereocenters. The Hall–Kier alpha value is -1.13. The molecule has 0 aliphatic rings. The minimum atomic E-state index is -0.433. The lowest BCUT2D eigenvalue weighted by Crippen LogP contribution is -1.93. The van der Waals surface area contributed by atoms with Crippen LogP contribution in [-0.4, -0.2) is 14.8 Å². The summed E-state index contributed by atoms with van der Waals surface area (Å²) in [5, 5.41) is 7.59. The van der Waals surface area contributed by atoms with E-state index < -0.39 is 5.82 Å². The van der Waals surface area contributed by atoms with Crippen LogP contribution in [0.2, 0.25) is 10.3 Å². The Morgan fingerprint density at radius 3 is 2.57 bits per heavy atom. The van der Waals surface area contributed by atoms with Crippen LogP contribution >= 0.6 is 23.2 Å². The van der Waals surface area contributed by atoms with E-state index in [1.807, 2.05) is 0 Å². The molecule has 0 N–H and O–H groups in total. The van der Waals surface area contributed by atoms with Gasteiger partial charge in [-0.15, -0.1) is 10.2 Å². The second-order valence-electron chi connectivity index (χ2n) is 2.60. The fourth-order valence-corrected chi connectivity index (χ4v) is 1.47. The molecule has 0 aliphatic heterocycles. The Morgan fingerprint density at radius 1 is 1.21 bits per heavy atom. The maximum Gasteiger partial charge on any atom is 0.229 e. The van der Waals surface area contributed by atoms with Gasteiger partial charge in [-0.25, -0.2) is 4.39 Å². The van der Waals surface area contributed by atoms with Crippen LogP contribution in [0.5, 0.6) is 0 Å². The zero-order valence-corrected chi connectivity index (χ0v) is 8.30. The van der Waals surface area contributed by atoms with Crippen molar-refractivity contribution in [3.63, 3.8) is 0 Å². The molecular formula is C8H4Cl2FN3. The molecule has 0 saturated heterocycles. The molecule has 2 aromatic rings. The van der Waals surface area contributed by atoms with Gasteiger partial charge in [0, 0.05) is 5.02 Å². The van der Waals surface area contributed by atoms with Crippen molar-refractivity contribution in [2.24, 2.45) is 0 Å². The Balaban J connectivity index is 2.57. The number of benzene rings is 1. The van der Waals surface area contributed by atoms with Crippen LogP contribution in [0.3, 0.4) is 0 Å². The van der Waals surface area contributed by atoms with Gasteiger partial charge in [-0.05, 0) is 29.8 Å². The molecule has 0 unspecified atom stereocenters. The molecule has 72 valence electrons. The Morgan fingerprint density at radius 2 is 2.00 bits per heavy atom. The molecule has 1 heterocycles. The quantitative estimate of drug-likeness (QED) is 0.756. The second kappa shape index (κ2) is 3.55. The van der Waals surface area contributed by atoms with Crippen LogP contribution in [0.4, 0.5) is 4.39 Å². The first-order valence-corrected chi connectivity index (χ1v) is 4.44. The van der Waals surface area contributed by atoms with Gasteiger partial charge in [0.15, 0.2) is 0 Å². The molecule has 1 aromatic heterocycles. The average molecular weight is 232 g/mol. The predicted octanol–water partition coefficient (Wildman–Crippen LogP) is 2.71. The van der Waals surface area contributed by atoms with Gasteiger partial charge in [0.1, 0.15) is 12.1 Å². The van der Waals surface area contributed by atoms with E-state index in [0.717, 1.165) is 0 Å². The molecule has 14 heavy (non-hydrogen) atoms. The third kappa shape index (κ3) is 1.71. The molecule has 3 nitrogen and oxygen atoms in total. The summed E-state index contributed by atoms with van der Waals surface area (Å²) in [4.78, 5) is 0. The molecule has 0 bridgehead atoms. The van der Waals surface area contributed by atoms with Crippen molar-refractivity contribution in [3.8, 4) is 5.69 Å². The average Bonchev–Trinajstić information content (AvgIpc) is 2.49. The maximum absolute atomic E-state index is 13.0. The molecule has 0 radical (unpaired) electrons. The van der Waals surface area contributed by atoms with E-state index in [-0.39, 0.29) is 5.28 Å². The Kier molecular flexibility index (Phi) is 2.39. The largest absolute Gasteiger partial charge is 0.272 e. The maximum atomic E-state index is 13.0. The number of hydrogen-bond acceptors (Lipinski definition) is 2. The van der Waals surface area contributed by atoms with E-state index in [0.29, 0.717) is 10.7 Å². The summed E-state index contributed by atoms with van der Waals surface area (Å²) in [6.45, 7) is 0. The van der Waals surface area contributed by atoms with Crippen molar-refractivity contribution >= 4 is 23.2 Å². The fourth-order valence-electron chi connectivity index (χ4n) is 1.07. The number of nitrogens with zero attached hydrogens (tertiary/aromatic N) is 3. The summed E-state index contributed by atoms with van der Waals surface area (Å²) in [7, 11) is 0. The Labute approximate surface area is 89.1 Å². The third-order valence-corrected chi connectivity index (χ3v) is 2.11. The highest BCUT2D eigenvalue weighted by atomic mass is 35.5. The molecule has 2 rings (SSSR count). The standard InChI is InChI=1S/C8H4Cl2FN3/c9-5-1-6(11)3-7(2-5)14-4-12-13-8(14)10/h1-4H. The number of aromatic nitrogens is 3. The zero-order chi connectivity index (χ0) is 10.1. The van der Waals surface area contributed by atoms with Crippen LogP contribution < -0.4 is 0 Å². The highest BCUT2D eigenvalue weighted by Gasteiger charge is 2.05. The van der Waals surface area contributed by atoms with Crippen LogP contribution in [0.1, 0.15) is 0 Å². The molecule has 0 amide bonds. The van der Waals surface area contributed by atoms with E-state index in [4.69, 9.17) is 23.2 Å². The molecule has 0 aliphatic carbocycles.